The summed E-state index contributed by atoms with van der Waals surface area (Å²) in [6.07, 6.45) is 0. The van der Waals surface area contributed by atoms with Crippen LogP contribution in [0, 0.1) is 0 Å². The topological polar surface area (TPSA) is 45.2 Å². The molecule has 0 aliphatic rings. The number of phenols is 1. The first-order chi connectivity index (χ1) is 9.66. The van der Waals surface area contributed by atoms with Gasteiger partial charge in [0.25, 0.3) is 0 Å². The summed E-state index contributed by atoms with van der Waals surface area (Å²) >= 11 is 7.85. The number of hydrogen-bond acceptors (Lipinski definition) is 4. The third kappa shape index (κ3) is 2.32. The Bertz CT molecular complexity index is 756. The lowest BCUT2D eigenvalue weighted by atomic mass is 10.1. The van der Waals surface area contributed by atoms with Gasteiger partial charge >= 0.3 is 0 Å². The molecule has 0 saturated carbocycles. The van der Waals surface area contributed by atoms with Crippen LogP contribution in [0.3, 0.4) is 0 Å². The van der Waals surface area contributed by atoms with Crippen LogP contribution in [0.25, 0.3) is 10.2 Å². The molecule has 0 spiro atoms. The fourth-order valence-corrected chi connectivity index (χ4v) is 3.08. The standard InChI is InChI=1S/C15H13ClN2OS/c1-9(10-4-2-3-5-12(10)19)18-14-11(16)6-7-13-15(14)17-8-20-13/h2-9,18-19H,1H3. The molecule has 1 aromatic heterocycles. The largest absolute Gasteiger partial charge is 0.508 e. The van der Waals surface area contributed by atoms with E-state index in [1.807, 2.05) is 31.2 Å². The number of anilines is 1. The molecule has 2 N–H and O–H groups in total. The number of nitrogens with one attached hydrogen (secondary N) is 1. The van der Waals surface area contributed by atoms with Gasteiger partial charge < -0.3 is 10.4 Å². The highest BCUT2D eigenvalue weighted by Gasteiger charge is 2.14. The van der Waals surface area contributed by atoms with Gasteiger partial charge in [-0.15, -0.1) is 11.3 Å². The number of halogens is 1. The van der Waals surface area contributed by atoms with Crippen molar-refractivity contribution < 1.29 is 5.11 Å². The Kier molecular flexibility index (Phi) is 3.51. The van der Waals surface area contributed by atoms with E-state index < -0.39 is 0 Å². The third-order valence-electron chi connectivity index (χ3n) is 3.22. The first kappa shape index (κ1) is 13.2. The molecule has 3 rings (SSSR count). The molecule has 2 aromatic carbocycles. The minimum Gasteiger partial charge on any atom is -0.508 e. The summed E-state index contributed by atoms with van der Waals surface area (Å²) in [5, 5.41) is 13.9. The van der Waals surface area contributed by atoms with Crippen LogP contribution < -0.4 is 5.32 Å². The Morgan fingerprint density at radius 1 is 1.25 bits per heavy atom. The van der Waals surface area contributed by atoms with Gasteiger partial charge in [-0.2, -0.15) is 0 Å². The maximum atomic E-state index is 9.91. The van der Waals surface area contributed by atoms with Crippen molar-refractivity contribution in [2.45, 2.75) is 13.0 Å². The van der Waals surface area contributed by atoms with Gasteiger partial charge in [0, 0.05) is 5.56 Å². The number of nitrogens with zero attached hydrogens (tertiary/aromatic N) is 1. The number of benzene rings is 2. The maximum absolute atomic E-state index is 9.91. The maximum Gasteiger partial charge on any atom is 0.120 e. The number of phenolic OH excluding ortho intramolecular Hbond substituents is 1. The molecule has 0 saturated heterocycles. The molecule has 1 heterocycles. The molecule has 3 aromatic rings. The quantitative estimate of drug-likeness (QED) is 0.728. The third-order valence-corrected chi connectivity index (χ3v) is 4.32. The lowest BCUT2D eigenvalue weighted by molar-refractivity contribution is 0.465. The van der Waals surface area contributed by atoms with Crippen molar-refractivity contribution in [3.63, 3.8) is 0 Å². The Balaban J connectivity index is 1.99. The molecular formula is C15H13ClN2OS. The van der Waals surface area contributed by atoms with E-state index in [0.29, 0.717) is 5.02 Å². The smallest absolute Gasteiger partial charge is 0.120 e. The molecule has 0 fully saturated rings. The van der Waals surface area contributed by atoms with Crippen molar-refractivity contribution in [1.82, 2.24) is 4.98 Å². The van der Waals surface area contributed by atoms with Gasteiger partial charge in [0.2, 0.25) is 0 Å². The predicted molar refractivity (Wildman–Crippen MR) is 84.8 cm³/mol. The highest BCUT2D eigenvalue weighted by atomic mass is 35.5. The number of aromatic hydroxyl groups is 1. The van der Waals surface area contributed by atoms with E-state index in [0.717, 1.165) is 21.5 Å². The van der Waals surface area contributed by atoms with E-state index in [4.69, 9.17) is 11.6 Å². The van der Waals surface area contributed by atoms with Gasteiger partial charge in [-0.05, 0) is 25.1 Å². The van der Waals surface area contributed by atoms with Crippen molar-refractivity contribution in [3.8, 4) is 5.75 Å². The summed E-state index contributed by atoms with van der Waals surface area (Å²) in [4.78, 5) is 4.36. The van der Waals surface area contributed by atoms with Crippen LogP contribution in [-0.2, 0) is 0 Å². The Morgan fingerprint density at radius 3 is 2.85 bits per heavy atom. The molecule has 0 radical (unpaired) electrons. The summed E-state index contributed by atoms with van der Waals surface area (Å²) in [5.74, 6) is 0.272. The zero-order valence-corrected chi connectivity index (χ0v) is 12.4. The van der Waals surface area contributed by atoms with Crippen LogP contribution in [-0.4, -0.2) is 10.1 Å². The molecule has 0 amide bonds. The predicted octanol–water partition coefficient (Wildman–Crippen LogP) is 4.83. The van der Waals surface area contributed by atoms with Gasteiger partial charge in [0.05, 0.1) is 27.0 Å². The van der Waals surface area contributed by atoms with E-state index in [1.54, 1.807) is 29.0 Å². The van der Waals surface area contributed by atoms with Gasteiger partial charge in [-0.25, -0.2) is 4.98 Å². The van der Waals surface area contributed by atoms with Gasteiger partial charge in [-0.3, -0.25) is 0 Å². The average molecular weight is 305 g/mol. The first-order valence-electron chi connectivity index (χ1n) is 6.23. The summed E-state index contributed by atoms with van der Waals surface area (Å²) in [6, 6.07) is 11.0. The Morgan fingerprint density at radius 2 is 2.05 bits per heavy atom. The minimum absolute atomic E-state index is 0.0685. The molecule has 1 atom stereocenters. The highest BCUT2D eigenvalue weighted by molar-refractivity contribution is 7.16. The normalized spacial score (nSPS) is 12.5. The highest BCUT2D eigenvalue weighted by Crippen LogP contribution is 2.35. The van der Waals surface area contributed by atoms with E-state index in [9.17, 15) is 5.11 Å². The summed E-state index contributed by atoms with van der Waals surface area (Å²) in [5.41, 5.74) is 4.30. The number of para-hydroxylation sites is 1. The number of fused-ring (bicyclic) bond motifs is 1. The van der Waals surface area contributed by atoms with Crippen LogP contribution in [0.4, 0.5) is 5.69 Å². The van der Waals surface area contributed by atoms with Gasteiger partial charge in [-0.1, -0.05) is 29.8 Å². The zero-order valence-electron chi connectivity index (χ0n) is 10.8. The van der Waals surface area contributed by atoms with Crippen molar-refractivity contribution in [1.29, 1.82) is 0 Å². The van der Waals surface area contributed by atoms with E-state index in [2.05, 4.69) is 10.3 Å². The molecule has 0 bridgehead atoms. The molecule has 3 nitrogen and oxygen atoms in total. The second kappa shape index (κ2) is 5.31. The summed E-state index contributed by atoms with van der Waals surface area (Å²) in [7, 11) is 0. The molecule has 0 aliphatic carbocycles. The lowest BCUT2D eigenvalue weighted by Crippen LogP contribution is -2.07. The van der Waals surface area contributed by atoms with Crippen molar-refractivity contribution >= 4 is 38.8 Å². The van der Waals surface area contributed by atoms with Gasteiger partial charge in [0.15, 0.2) is 0 Å². The lowest BCUT2D eigenvalue weighted by Gasteiger charge is -2.18. The van der Waals surface area contributed by atoms with Crippen molar-refractivity contribution in [2.75, 3.05) is 5.32 Å². The molecular weight excluding hydrogens is 292 g/mol. The zero-order chi connectivity index (χ0) is 14.1. The SMILES string of the molecule is CC(Nc1c(Cl)ccc2scnc12)c1ccccc1O. The number of hydrogen-bond donors (Lipinski definition) is 2. The molecule has 0 aliphatic heterocycles. The number of aromatic nitrogens is 1. The summed E-state index contributed by atoms with van der Waals surface area (Å²) in [6.45, 7) is 1.98. The second-order valence-electron chi connectivity index (χ2n) is 4.55. The fourth-order valence-electron chi connectivity index (χ4n) is 2.19. The molecule has 20 heavy (non-hydrogen) atoms. The molecule has 102 valence electrons. The Labute approximate surface area is 125 Å². The average Bonchev–Trinajstić information content (AvgIpc) is 2.91. The van der Waals surface area contributed by atoms with E-state index >= 15 is 0 Å². The Hall–Kier alpha value is -1.78. The van der Waals surface area contributed by atoms with Crippen LogP contribution in [0.1, 0.15) is 18.5 Å². The van der Waals surface area contributed by atoms with Crippen LogP contribution >= 0.6 is 22.9 Å². The first-order valence-corrected chi connectivity index (χ1v) is 7.48. The van der Waals surface area contributed by atoms with Crippen LogP contribution in [0.5, 0.6) is 5.75 Å². The number of rotatable bonds is 3. The van der Waals surface area contributed by atoms with E-state index in [-0.39, 0.29) is 11.8 Å². The second-order valence-corrected chi connectivity index (χ2v) is 5.84. The fraction of sp³-hybridized carbons (Fsp3) is 0.133. The van der Waals surface area contributed by atoms with E-state index in [1.165, 1.54) is 0 Å². The van der Waals surface area contributed by atoms with Crippen molar-refractivity contribution in [2.24, 2.45) is 0 Å². The van der Waals surface area contributed by atoms with Crippen LogP contribution in [0.2, 0.25) is 5.02 Å². The monoisotopic (exact) mass is 304 g/mol. The van der Waals surface area contributed by atoms with Crippen LogP contribution in [0.15, 0.2) is 41.9 Å². The van der Waals surface area contributed by atoms with Gasteiger partial charge in [0.1, 0.15) is 11.3 Å². The minimum atomic E-state index is -0.0685. The van der Waals surface area contributed by atoms with Crippen molar-refractivity contribution in [3.05, 3.63) is 52.5 Å². The molecule has 1 unspecified atom stereocenters. The number of thiazole rings is 1. The summed E-state index contributed by atoms with van der Waals surface area (Å²) < 4.78 is 1.08. The molecule has 5 heteroatoms.